The molecule has 0 spiro atoms. The Morgan fingerprint density at radius 1 is 0.950 bits per heavy atom. The molecule has 0 fully saturated rings. The lowest BCUT2D eigenvalue weighted by molar-refractivity contribution is 0.279. The Morgan fingerprint density at radius 3 is 2.05 bits per heavy atom. The van der Waals surface area contributed by atoms with Crippen LogP contribution < -0.4 is 4.74 Å². The number of benzene rings is 2. The van der Waals surface area contributed by atoms with Gasteiger partial charge in [-0.2, -0.15) is 0 Å². The summed E-state index contributed by atoms with van der Waals surface area (Å²) < 4.78 is 33.2. The number of hydrogen-bond acceptors (Lipinski definition) is 2. The van der Waals surface area contributed by atoms with Crippen molar-refractivity contribution < 1.29 is 18.6 Å². The van der Waals surface area contributed by atoms with E-state index in [1.807, 2.05) is 32.9 Å². The van der Waals surface area contributed by atoms with E-state index in [0.717, 1.165) is 28.8 Å². The van der Waals surface area contributed by atoms with Crippen molar-refractivity contribution in [3.05, 3.63) is 58.2 Å². The molecule has 1 N–H and O–H groups in total. The number of halogens is 2. The lowest BCUT2D eigenvalue weighted by Crippen LogP contribution is -1.99. The second-order valence-corrected chi connectivity index (χ2v) is 4.80. The first-order valence-electron chi connectivity index (χ1n) is 6.27. The molecule has 4 heteroatoms. The second kappa shape index (κ2) is 5.59. The van der Waals surface area contributed by atoms with Gasteiger partial charge in [-0.1, -0.05) is 12.1 Å². The minimum atomic E-state index is -0.825. The zero-order chi connectivity index (χ0) is 14.9. The van der Waals surface area contributed by atoms with Crippen molar-refractivity contribution in [2.75, 3.05) is 0 Å². The summed E-state index contributed by atoms with van der Waals surface area (Å²) in [7, 11) is 0. The number of hydrogen-bond donors (Lipinski definition) is 1. The first kappa shape index (κ1) is 14.5. The third-order valence-corrected chi connectivity index (χ3v) is 3.32. The Morgan fingerprint density at radius 2 is 1.50 bits per heavy atom. The number of aliphatic hydroxyl groups excluding tert-OH is 1. The second-order valence-electron chi connectivity index (χ2n) is 4.80. The van der Waals surface area contributed by atoms with Gasteiger partial charge < -0.3 is 9.84 Å². The van der Waals surface area contributed by atoms with Gasteiger partial charge in [-0.15, -0.1) is 0 Å². The van der Waals surface area contributed by atoms with E-state index >= 15 is 0 Å². The van der Waals surface area contributed by atoms with Crippen molar-refractivity contribution in [1.29, 1.82) is 0 Å². The van der Waals surface area contributed by atoms with Gasteiger partial charge in [0.15, 0.2) is 17.4 Å². The zero-order valence-electron chi connectivity index (χ0n) is 11.6. The Bertz CT molecular complexity index is 628. The van der Waals surface area contributed by atoms with Crippen LogP contribution in [0.3, 0.4) is 0 Å². The average Bonchev–Trinajstić information content (AvgIpc) is 2.41. The van der Waals surface area contributed by atoms with Crippen LogP contribution in [0, 0.1) is 32.4 Å². The van der Waals surface area contributed by atoms with Crippen LogP contribution >= 0.6 is 0 Å². The van der Waals surface area contributed by atoms with E-state index < -0.39 is 24.0 Å². The highest BCUT2D eigenvalue weighted by molar-refractivity contribution is 5.47. The monoisotopic (exact) mass is 278 g/mol. The summed E-state index contributed by atoms with van der Waals surface area (Å²) in [6.45, 7) is 5.15. The summed E-state index contributed by atoms with van der Waals surface area (Å²) in [5.41, 5.74) is 2.80. The Hall–Kier alpha value is -1.94. The molecule has 0 saturated heterocycles. The van der Waals surface area contributed by atoms with Crippen LogP contribution in [0.4, 0.5) is 8.78 Å². The fraction of sp³-hybridized carbons (Fsp3) is 0.250. The maximum absolute atomic E-state index is 13.9. The lowest BCUT2D eigenvalue weighted by Gasteiger charge is -2.15. The molecule has 2 nitrogen and oxygen atoms in total. The molecule has 0 radical (unpaired) electrons. The molecule has 2 aromatic carbocycles. The highest BCUT2D eigenvalue weighted by Gasteiger charge is 2.16. The summed E-state index contributed by atoms with van der Waals surface area (Å²) >= 11 is 0. The normalized spacial score (nSPS) is 10.7. The van der Waals surface area contributed by atoms with Crippen LogP contribution in [-0.2, 0) is 6.61 Å². The number of rotatable bonds is 3. The fourth-order valence-electron chi connectivity index (χ4n) is 1.99. The highest BCUT2D eigenvalue weighted by Crippen LogP contribution is 2.34. The quantitative estimate of drug-likeness (QED) is 0.912. The van der Waals surface area contributed by atoms with Crippen molar-refractivity contribution in [3.63, 3.8) is 0 Å². The summed E-state index contributed by atoms with van der Waals surface area (Å²) in [4.78, 5) is 0. The van der Waals surface area contributed by atoms with Crippen molar-refractivity contribution in [2.45, 2.75) is 27.4 Å². The van der Waals surface area contributed by atoms with Crippen LogP contribution in [0.15, 0.2) is 24.3 Å². The topological polar surface area (TPSA) is 29.5 Å². The molecule has 0 heterocycles. The fourth-order valence-corrected chi connectivity index (χ4v) is 1.99. The van der Waals surface area contributed by atoms with E-state index in [-0.39, 0.29) is 5.56 Å². The first-order valence-corrected chi connectivity index (χ1v) is 6.27. The van der Waals surface area contributed by atoms with Crippen molar-refractivity contribution in [3.8, 4) is 11.5 Å². The lowest BCUT2D eigenvalue weighted by atomic mass is 10.1. The minimum absolute atomic E-state index is 0.171. The SMILES string of the molecule is Cc1ccc(C)c(Oc2c(F)cc(CO)cc2F)c1C. The van der Waals surface area contributed by atoms with Crippen molar-refractivity contribution in [2.24, 2.45) is 0 Å². The highest BCUT2D eigenvalue weighted by atomic mass is 19.1. The van der Waals surface area contributed by atoms with E-state index in [0.29, 0.717) is 5.75 Å². The summed E-state index contributed by atoms with van der Waals surface area (Å²) in [5, 5.41) is 8.92. The van der Waals surface area contributed by atoms with Gasteiger partial charge >= 0.3 is 0 Å². The predicted molar refractivity (Wildman–Crippen MR) is 73.0 cm³/mol. The zero-order valence-corrected chi connectivity index (χ0v) is 11.6. The van der Waals surface area contributed by atoms with Gasteiger partial charge in [0.05, 0.1) is 6.61 Å². The molecule has 20 heavy (non-hydrogen) atoms. The number of ether oxygens (including phenoxy) is 1. The molecule has 0 amide bonds. The molecular weight excluding hydrogens is 262 g/mol. The van der Waals surface area contributed by atoms with E-state index in [2.05, 4.69) is 0 Å². The molecule has 2 aromatic rings. The third-order valence-electron chi connectivity index (χ3n) is 3.32. The molecule has 0 aliphatic carbocycles. The van der Waals surface area contributed by atoms with Gasteiger partial charge in [0.1, 0.15) is 5.75 Å². The average molecular weight is 278 g/mol. The largest absolute Gasteiger partial charge is 0.451 e. The standard InChI is InChI=1S/C16H16F2O2/c1-9-4-5-10(2)15(11(9)3)20-16-13(17)6-12(8-19)7-14(16)18/h4-7,19H,8H2,1-3H3. The van der Waals surface area contributed by atoms with Crippen LogP contribution in [0.25, 0.3) is 0 Å². The maximum Gasteiger partial charge on any atom is 0.198 e. The van der Waals surface area contributed by atoms with Crippen LogP contribution in [0.5, 0.6) is 11.5 Å². The molecule has 106 valence electrons. The molecule has 0 aliphatic rings. The van der Waals surface area contributed by atoms with Crippen molar-refractivity contribution >= 4 is 0 Å². The third kappa shape index (κ3) is 2.65. The Balaban J connectivity index is 2.48. The summed E-state index contributed by atoms with van der Waals surface area (Å²) in [6, 6.07) is 5.91. The molecule has 0 bridgehead atoms. The molecule has 0 saturated carbocycles. The smallest absolute Gasteiger partial charge is 0.198 e. The Labute approximate surface area is 116 Å². The predicted octanol–water partition coefficient (Wildman–Crippen LogP) is 4.17. The molecule has 0 unspecified atom stereocenters. The van der Waals surface area contributed by atoms with Gasteiger partial charge in [-0.3, -0.25) is 0 Å². The van der Waals surface area contributed by atoms with Gasteiger partial charge in [-0.25, -0.2) is 8.78 Å². The van der Waals surface area contributed by atoms with Crippen LogP contribution in [0.1, 0.15) is 22.3 Å². The van der Waals surface area contributed by atoms with E-state index in [1.54, 1.807) is 0 Å². The Kier molecular flexibility index (Phi) is 4.04. The van der Waals surface area contributed by atoms with E-state index in [9.17, 15) is 8.78 Å². The summed E-state index contributed by atoms with van der Waals surface area (Å²) in [6.07, 6.45) is 0. The summed E-state index contributed by atoms with van der Waals surface area (Å²) in [5.74, 6) is -1.64. The molecular formula is C16H16F2O2. The van der Waals surface area contributed by atoms with Crippen LogP contribution in [0.2, 0.25) is 0 Å². The van der Waals surface area contributed by atoms with E-state index in [1.165, 1.54) is 0 Å². The van der Waals surface area contributed by atoms with Gasteiger partial charge in [-0.05, 0) is 55.2 Å². The number of aryl methyl sites for hydroxylation is 2. The van der Waals surface area contributed by atoms with Gasteiger partial charge in [0.2, 0.25) is 0 Å². The van der Waals surface area contributed by atoms with Gasteiger partial charge in [0, 0.05) is 0 Å². The van der Waals surface area contributed by atoms with Crippen molar-refractivity contribution in [1.82, 2.24) is 0 Å². The first-order chi connectivity index (χ1) is 9.43. The molecule has 0 atom stereocenters. The van der Waals surface area contributed by atoms with Crippen LogP contribution in [-0.4, -0.2) is 5.11 Å². The molecule has 0 aliphatic heterocycles. The van der Waals surface area contributed by atoms with Gasteiger partial charge in [0.25, 0.3) is 0 Å². The number of aliphatic hydroxyl groups is 1. The molecule has 0 aromatic heterocycles. The minimum Gasteiger partial charge on any atom is -0.451 e. The van der Waals surface area contributed by atoms with E-state index in [4.69, 9.17) is 9.84 Å². The molecule has 2 rings (SSSR count). The maximum atomic E-state index is 13.9.